The van der Waals surface area contributed by atoms with Crippen LogP contribution in [0.15, 0.2) is 35.4 Å². The summed E-state index contributed by atoms with van der Waals surface area (Å²) in [7, 11) is 0. The van der Waals surface area contributed by atoms with E-state index < -0.39 is 0 Å². The molecule has 3 atom stereocenters. The second-order valence-electron chi connectivity index (χ2n) is 7.03. The summed E-state index contributed by atoms with van der Waals surface area (Å²) in [6, 6.07) is 4.19. The Labute approximate surface area is 129 Å². The van der Waals surface area contributed by atoms with Crippen molar-refractivity contribution in [3.8, 4) is 5.75 Å². The number of allylic oxidation sites excluding steroid dienone is 2. The van der Waals surface area contributed by atoms with Gasteiger partial charge in [-0.1, -0.05) is 36.3 Å². The summed E-state index contributed by atoms with van der Waals surface area (Å²) < 4.78 is 6.38. The van der Waals surface area contributed by atoms with E-state index in [1.807, 2.05) is 6.07 Å². The summed E-state index contributed by atoms with van der Waals surface area (Å²) in [4.78, 5) is 0. The largest absolute Gasteiger partial charge is 0.484 e. The first kappa shape index (κ1) is 12.9. The van der Waals surface area contributed by atoms with Gasteiger partial charge in [0.25, 0.3) is 0 Å². The normalized spacial score (nSPS) is 33.7. The van der Waals surface area contributed by atoms with Crippen molar-refractivity contribution >= 4 is 0 Å². The van der Waals surface area contributed by atoms with Gasteiger partial charge >= 0.3 is 0 Å². The summed E-state index contributed by atoms with van der Waals surface area (Å²) in [5.74, 6) is 1.49. The van der Waals surface area contributed by atoms with E-state index >= 15 is 0 Å². The highest BCUT2D eigenvalue weighted by molar-refractivity contribution is 5.65. The third kappa shape index (κ3) is 1.31. The quantitative estimate of drug-likeness (QED) is 0.881. The van der Waals surface area contributed by atoms with Crippen LogP contribution in [0.3, 0.4) is 0 Å². The Morgan fingerprint density at radius 1 is 1.18 bits per heavy atom. The molecule has 1 spiro atoms. The molecule has 1 aromatic carbocycles. The first-order chi connectivity index (χ1) is 10.8. The van der Waals surface area contributed by atoms with Crippen LogP contribution in [-0.4, -0.2) is 22.9 Å². The van der Waals surface area contributed by atoms with Gasteiger partial charge in [0.1, 0.15) is 11.9 Å². The Bertz CT molecular complexity index is 730. The van der Waals surface area contributed by atoms with Gasteiger partial charge in [-0.05, 0) is 36.3 Å². The van der Waals surface area contributed by atoms with Gasteiger partial charge in [0.05, 0.1) is 18.6 Å². The van der Waals surface area contributed by atoms with Gasteiger partial charge in [-0.25, -0.2) is 0 Å². The lowest BCUT2D eigenvalue weighted by atomic mass is 9.53. The Hall–Kier alpha value is -1.58. The lowest BCUT2D eigenvalue weighted by molar-refractivity contribution is 0.140. The topological polar surface area (TPSA) is 49.7 Å². The summed E-state index contributed by atoms with van der Waals surface area (Å²) in [5, 5.41) is 19.5. The number of aliphatic hydroxyl groups is 2. The fourth-order valence-corrected chi connectivity index (χ4v) is 5.35. The fraction of sp³-hybridized carbons (Fsp3) is 0.474. The molecule has 0 aromatic heterocycles. The molecule has 114 valence electrons. The monoisotopic (exact) mass is 296 g/mol. The Balaban J connectivity index is 1.85. The maximum Gasteiger partial charge on any atom is 0.136 e. The van der Waals surface area contributed by atoms with Crippen molar-refractivity contribution in [3.05, 3.63) is 52.1 Å². The molecule has 4 aliphatic rings. The van der Waals surface area contributed by atoms with Crippen molar-refractivity contribution in [3.63, 3.8) is 0 Å². The Morgan fingerprint density at radius 3 is 2.91 bits per heavy atom. The third-order valence-electron chi connectivity index (χ3n) is 6.17. The predicted molar refractivity (Wildman–Crippen MR) is 82.8 cm³/mol. The maximum atomic E-state index is 9.78. The number of hydrogen-bond donors (Lipinski definition) is 2. The zero-order valence-electron chi connectivity index (χ0n) is 12.5. The Kier molecular flexibility index (Phi) is 2.49. The molecule has 0 radical (unpaired) electrons. The Morgan fingerprint density at radius 2 is 2.09 bits per heavy atom. The summed E-state index contributed by atoms with van der Waals surface area (Å²) >= 11 is 0. The molecule has 22 heavy (non-hydrogen) atoms. The van der Waals surface area contributed by atoms with E-state index in [2.05, 4.69) is 18.2 Å². The van der Waals surface area contributed by atoms with E-state index in [0.717, 1.165) is 29.7 Å². The van der Waals surface area contributed by atoms with Crippen LogP contribution in [-0.2, 0) is 18.4 Å². The molecule has 0 amide bonds. The van der Waals surface area contributed by atoms with Gasteiger partial charge in [-0.2, -0.15) is 0 Å². The van der Waals surface area contributed by atoms with E-state index in [9.17, 15) is 10.2 Å². The average Bonchev–Trinajstić information content (AvgIpc) is 2.88. The van der Waals surface area contributed by atoms with E-state index in [-0.39, 0.29) is 24.7 Å². The van der Waals surface area contributed by atoms with Crippen LogP contribution < -0.4 is 4.74 Å². The predicted octanol–water partition coefficient (Wildman–Crippen LogP) is 2.39. The molecular weight excluding hydrogens is 276 g/mol. The zero-order chi connectivity index (χ0) is 14.9. The number of hydrogen-bond acceptors (Lipinski definition) is 3. The fourth-order valence-electron chi connectivity index (χ4n) is 5.35. The number of aliphatic hydroxyl groups excluding tert-OH is 2. The van der Waals surface area contributed by atoms with Crippen LogP contribution in [0.5, 0.6) is 5.75 Å². The van der Waals surface area contributed by atoms with Gasteiger partial charge < -0.3 is 14.9 Å². The molecule has 0 saturated heterocycles. The summed E-state index contributed by atoms with van der Waals surface area (Å²) in [6.45, 7) is 0.0463. The first-order valence-electron chi connectivity index (χ1n) is 8.24. The van der Waals surface area contributed by atoms with E-state index in [0.29, 0.717) is 5.92 Å². The smallest absolute Gasteiger partial charge is 0.136 e. The highest BCUT2D eigenvalue weighted by Gasteiger charge is 2.59. The van der Waals surface area contributed by atoms with Crippen LogP contribution in [0.2, 0.25) is 0 Å². The van der Waals surface area contributed by atoms with Crippen molar-refractivity contribution in [2.45, 2.75) is 43.8 Å². The molecule has 3 nitrogen and oxygen atoms in total. The molecule has 5 rings (SSSR count). The minimum Gasteiger partial charge on any atom is -0.484 e. The van der Waals surface area contributed by atoms with Crippen LogP contribution in [0.4, 0.5) is 0 Å². The highest BCUT2D eigenvalue weighted by Crippen LogP contribution is 2.63. The molecule has 1 saturated carbocycles. The van der Waals surface area contributed by atoms with E-state index in [4.69, 9.17) is 4.74 Å². The second kappa shape index (κ2) is 4.24. The summed E-state index contributed by atoms with van der Waals surface area (Å²) in [6.07, 6.45) is 8.86. The molecule has 3 aliphatic carbocycles. The maximum absolute atomic E-state index is 9.78. The molecular formula is C19H20O3. The molecule has 1 aromatic rings. The van der Waals surface area contributed by atoms with Crippen LogP contribution >= 0.6 is 0 Å². The minimum absolute atomic E-state index is 0.00601. The molecule has 1 heterocycles. The third-order valence-corrected chi connectivity index (χ3v) is 6.17. The van der Waals surface area contributed by atoms with Crippen LogP contribution in [0, 0.1) is 5.92 Å². The molecule has 1 fully saturated rings. The van der Waals surface area contributed by atoms with Gasteiger partial charge in [0.15, 0.2) is 0 Å². The zero-order valence-corrected chi connectivity index (χ0v) is 12.5. The number of ether oxygens (including phenoxy) is 1. The van der Waals surface area contributed by atoms with E-state index in [1.165, 1.54) is 29.5 Å². The van der Waals surface area contributed by atoms with Gasteiger partial charge in [0, 0.05) is 11.1 Å². The van der Waals surface area contributed by atoms with Crippen molar-refractivity contribution in [2.24, 2.45) is 5.92 Å². The average molecular weight is 296 g/mol. The lowest BCUT2D eigenvalue weighted by Crippen LogP contribution is -2.50. The van der Waals surface area contributed by atoms with Gasteiger partial charge in [0.2, 0.25) is 0 Å². The van der Waals surface area contributed by atoms with Crippen molar-refractivity contribution in [1.29, 1.82) is 0 Å². The standard InChI is InChI=1S/C19H20O3/c20-9-13-4-3-12-8-11-2-1-7-19-15(11)6-5-14(10-21)18(19)22-17(13)16(12)19/h3-6,11,18,20-21H,1-2,7-10H2/t11-,18+,19+/m1/s1. The SMILES string of the molecule is OCC1=CC=C2[C@@H]3CCC[C@@]24c2c(ccc(CO)c2O[C@@H]14)C3. The van der Waals surface area contributed by atoms with Gasteiger partial charge in [-0.15, -0.1) is 0 Å². The second-order valence-corrected chi connectivity index (χ2v) is 7.03. The highest BCUT2D eigenvalue weighted by atomic mass is 16.5. The first-order valence-corrected chi connectivity index (χ1v) is 8.24. The lowest BCUT2D eigenvalue weighted by Gasteiger charge is -2.50. The van der Waals surface area contributed by atoms with Crippen molar-refractivity contribution < 1.29 is 14.9 Å². The number of rotatable bonds is 2. The summed E-state index contributed by atoms with van der Waals surface area (Å²) in [5.41, 5.74) is 5.97. The van der Waals surface area contributed by atoms with Crippen LogP contribution in [0.25, 0.3) is 0 Å². The van der Waals surface area contributed by atoms with Gasteiger partial charge in [-0.3, -0.25) is 0 Å². The number of benzene rings is 1. The molecule has 1 aliphatic heterocycles. The molecule has 2 N–H and O–H groups in total. The minimum atomic E-state index is -0.0814. The van der Waals surface area contributed by atoms with Crippen LogP contribution in [0.1, 0.15) is 36.0 Å². The van der Waals surface area contributed by atoms with E-state index in [1.54, 1.807) is 0 Å². The van der Waals surface area contributed by atoms with Crippen molar-refractivity contribution in [1.82, 2.24) is 0 Å². The van der Waals surface area contributed by atoms with Crippen molar-refractivity contribution in [2.75, 3.05) is 6.61 Å². The molecule has 2 bridgehead atoms. The molecule has 3 heteroatoms. The molecule has 0 unspecified atom stereocenters.